The van der Waals surface area contributed by atoms with E-state index in [0.717, 1.165) is 43.0 Å². The van der Waals surface area contributed by atoms with Gasteiger partial charge in [0.05, 0.1) is 12.6 Å². The van der Waals surface area contributed by atoms with Crippen LogP contribution in [0.1, 0.15) is 69.0 Å². The second-order valence-corrected chi connectivity index (χ2v) is 8.72. The van der Waals surface area contributed by atoms with Crippen LogP contribution in [0.2, 0.25) is 0 Å². The number of carbonyl (C=O) groups is 1. The van der Waals surface area contributed by atoms with Crippen molar-refractivity contribution < 1.29 is 9.53 Å². The first-order chi connectivity index (χ1) is 12.7. The number of nitrogens with zero attached hydrogens (tertiary/aromatic N) is 1. The molecule has 2 saturated carbocycles. The van der Waals surface area contributed by atoms with Crippen LogP contribution in [-0.4, -0.2) is 35.7 Å². The molecule has 1 heterocycles. The molecule has 2 N–H and O–H groups in total. The second kappa shape index (κ2) is 9.81. The summed E-state index contributed by atoms with van der Waals surface area (Å²) in [6.45, 7) is 5.44. The average molecular weight is 380 g/mol. The van der Waals surface area contributed by atoms with Crippen molar-refractivity contribution in [2.75, 3.05) is 6.61 Å². The van der Waals surface area contributed by atoms with Crippen LogP contribution in [0.4, 0.5) is 0 Å². The quantitative estimate of drug-likeness (QED) is 0.725. The number of thiazole rings is 1. The lowest BCUT2D eigenvalue weighted by Crippen LogP contribution is -2.50. The molecule has 2 aliphatic rings. The van der Waals surface area contributed by atoms with Crippen molar-refractivity contribution in [3.8, 4) is 0 Å². The first-order valence-corrected chi connectivity index (χ1v) is 11.1. The molecule has 0 aliphatic heterocycles. The van der Waals surface area contributed by atoms with Gasteiger partial charge in [0, 0.05) is 35.7 Å². The lowest BCUT2D eigenvalue weighted by Gasteiger charge is -2.37. The summed E-state index contributed by atoms with van der Waals surface area (Å²) in [6, 6.07) is 1.04. The van der Waals surface area contributed by atoms with Gasteiger partial charge in [0.1, 0.15) is 5.01 Å². The summed E-state index contributed by atoms with van der Waals surface area (Å²) in [5.74, 6) is 0.210. The molecule has 0 spiro atoms. The fourth-order valence-corrected chi connectivity index (χ4v) is 4.91. The van der Waals surface area contributed by atoms with Crippen LogP contribution in [-0.2, 0) is 16.1 Å². The lowest BCUT2D eigenvalue weighted by molar-refractivity contribution is -0.128. The first-order valence-electron chi connectivity index (χ1n) is 10.2. The number of rotatable bonds is 8. The zero-order valence-electron chi connectivity index (χ0n) is 16.1. The Morgan fingerprint density at radius 1 is 1.31 bits per heavy atom. The summed E-state index contributed by atoms with van der Waals surface area (Å²) < 4.78 is 6.15. The zero-order valence-corrected chi connectivity index (χ0v) is 16.9. The van der Waals surface area contributed by atoms with Gasteiger partial charge in [-0.15, -0.1) is 11.3 Å². The fraction of sp³-hybridized carbons (Fsp3) is 0.800. The van der Waals surface area contributed by atoms with Gasteiger partial charge < -0.3 is 15.4 Å². The normalized spacial score (nSPS) is 26.9. The molecule has 146 valence electrons. The van der Waals surface area contributed by atoms with Gasteiger partial charge in [-0.05, 0) is 45.4 Å². The van der Waals surface area contributed by atoms with Crippen LogP contribution in [0.15, 0.2) is 5.38 Å². The summed E-state index contributed by atoms with van der Waals surface area (Å²) in [5.41, 5.74) is 1.02. The molecule has 1 aromatic rings. The highest BCUT2D eigenvalue weighted by atomic mass is 32.1. The highest BCUT2D eigenvalue weighted by Crippen LogP contribution is 2.29. The van der Waals surface area contributed by atoms with E-state index >= 15 is 0 Å². The highest BCUT2D eigenvalue weighted by molar-refractivity contribution is 7.09. The number of amides is 1. The minimum Gasteiger partial charge on any atom is -0.377 e. The Morgan fingerprint density at radius 3 is 2.81 bits per heavy atom. The van der Waals surface area contributed by atoms with E-state index in [9.17, 15) is 4.79 Å². The molecule has 0 saturated heterocycles. The van der Waals surface area contributed by atoms with Crippen LogP contribution in [0.3, 0.4) is 0 Å². The van der Waals surface area contributed by atoms with E-state index in [0.29, 0.717) is 18.6 Å². The molecule has 1 amide bonds. The van der Waals surface area contributed by atoms with Gasteiger partial charge in [0.2, 0.25) is 5.91 Å². The van der Waals surface area contributed by atoms with E-state index in [1.165, 1.54) is 25.7 Å². The number of ether oxygens (including phenoxy) is 1. The molecule has 0 unspecified atom stereocenters. The molecule has 3 rings (SSSR count). The molecule has 0 radical (unpaired) electrons. The molecule has 0 bridgehead atoms. The van der Waals surface area contributed by atoms with Crippen molar-refractivity contribution in [1.29, 1.82) is 0 Å². The average Bonchev–Trinajstić information content (AvgIpc) is 3.30. The molecule has 2 aliphatic carbocycles. The molecular weight excluding hydrogens is 346 g/mol. The molecule has 6 heteroatoms. The minimum absolute atomic E-state index is 0.0551. The summed E-state index contributed by atoms with van der Waals surface area (Å²) >= 11 is 1.61. The maximum Gasteiger partial charge on any atom is 0.223 e. The van der Waals surface area contributed by atoms with Gasteiger partial charge >= 0.3 is 0 Å². The number of aromatic nitrogens is 1. The van der Waals surface area contributed by atoms with E-state index in [2.05, 4.69) is 22.5 Å². The summed E-state index contributed by atoms with van der Waals surface area (Å²) in [7, 11) is 0. The standard InChI is InChI=1S/C20H33N3O2S/c1-3-10-25-18-11-15(8-9-17(18)23-16-6-4-5-7-16)20(24)21-12-19-22-14(2)13-26-19/h13,15-18,23H,3-12H2,1-2H3,(H,21,24)/t15-,17+,18+/m0/s1. The SMILES string of the molecule is CCCO[C@@H]1C[C@@H](C(=O)NCc2nc(C)cs2)CC[C@H]1NC1CCCC1. The van der Waals surface area contributed by atoms with E-state index in [1.54, 1.807) is 11.3 Å². The summed E-state index contributed by atoms with van der Waals surface area (Å²) in [4.78, 5) is 17.1. The fourth-order valence-electron chi connectivity index (χ4n) is 4.20. The van der Waals surface area contributed by atoms with Gasteiger partial charge in [-0.3, -0.25) is 4.79 Å². The zero-order chi connectivity index (χ0) is 18.4. The minimum atomic E-state index is 0.0551. The van der Waals surface area contributed by atoms with Crippen molar-refractivity contribution in [3.05, 3.63) is 16.1 Å². The number of hydrogen-bond donors (Lipinski definition) is 2. The third-order valence-electron chi connectivity index (χ3n) is 5.58. The van der Waals surface area contributed by atoms with E-state index in [4.69, 9.17) is 4.74 Å². The van der Waals surface area contributed by atoms with Crippen molar-refractivity contribution >= 4 is 17.2 Å². The van der Waals surface area contributed by atoms with Crippen LogP contribution >= 0.6 is 11.3 Å². The summed E-state index contributed by atoms with van der Waals surface area (Å²) in [5, 5.41) is 9.91. The predicted octanol–water partition coefficient (Wildman–Crippen LogP) is 3.56. The second-order valence-electron chi connectivity index (χ2n) is 7.77. The van der Waals surface area contributed by atoms with Crippen molar-refractivity contribution in [2.24, 2.45) is 5.92 Å². The largest absolute Gasteiger partial charge is 0.377 e. The number of hydrogen-bond acceptors (Lipinski definition) is 5. The predicted molar refractivity (Wildman–Crippen MR) is 105 cm³/mol. The van der Waals surface area contributed by atoms with Crippen molar-refractivity contribution in [1.82, 2.24) is 15.6 Å². The monoisotopic (exact) mass is 379 g/mol. The molecule has 5 nitrogen and oxygen atoms in total. The van der Waals surface area contributed by atoms with Crippen molar-refractivity contribution in [3.63, 3.8) is 0 Å². The Bertz CT molecular complexity index is 571. The van der Waals surface area contributed by atoms with Gasteiger partial charge in [0.25, 0.3) is 0 Å². The Morgan fingerprint density at radius 2 is 2.12 bits per heavy atom. The lowest BCUT2D eigenvalue weighted by atomic mass is 9.82. The number of aryl methyl sites for hydroxylation is 1. The molecular formula is C20H33N3O2S. The summed E-state index contributed by atoms with van der Waals surface area (Å²) in [6.07, 6.45) is 9.22. The Hall–Kier alpha value is -0.980. The maximum atomic E-state index is 12.6. The molecule has 26 heavy (non-hydrogen) atoms. The Kier molecular flexibility index (Phi) is 7.46. The van der Waals surface area contributed by atoms with E-state index in [-0.39, 0.29) is 17.9 Å². The highest BCUT2D eigenvalue weighted by Gasteiger charge is 2.35. The van der Waals surface area contributed by atoms with Gasteiger partial charge in [0.15, 0.2) is 0 Å². The number of carbonyl (C=O) groups excluding carboxylic acids is 1. The first kappa shape index (κ1) is 19.8. The Labute approximate surface area is 161 Å². The van der Waals surface area contributed by atoms with E-state index in [1.807, 2.05) is 12.3 Å². The van der Waals surface area contributed by atoms with E-state index < -0.39 is 0 Å². The van der Waals surface area contributed by atoms with Gasteiger partial charge in [-0.25, -0.2) is 4.98 Å². The van der Waals surface area contributed by atoms with Crippen molar-refractivity contribution in [2.45, 2.75) is 89.9 Å². The van der Waals surface area contributed by atoms with Crippen LogP contribution in [0.25, 0.3) is 0 Å². The van der Waals surface area contributed by atoms with Gasteiger partial charge in [-0.2, -0.15) is 0 Å². The van der Waals surface area contributed by atoms with Crippen LogP contribution < -0.4 is 10.6 Å². The third-order valence-corrected chi connectivity index (χ3v) is 6.55. The molecule has 2 fully saturated rings. The number of nitrogens with one attached hydrogen (secondary N) is 2. The molecule has 0 aromatic carbocycles. The van der Waals surface area contributed by atoms with Crippen LogP contribution in [0, 0.1) is 12.8 Å². The molecule has 1 aromatic heterocycles. The third kappa shape index (κ3) is 5.51. The smallest absolute Gasteiger partial charge is 0.223 e. The Balaban J connectivity index is 1.51. The topological polar surface area (TPSA) is 63.2 Å². The van der Waals surface area contributed by atoms with Gasteiger partial charge in [-0.1, -0.05) is 19.8 Å². The van der Waals surface area contributed by atoms with Crippen LogP contribution in [0.5, 0.6) is 0 Å². The molecule has 3 atom stereocenters. The maximum absolute atomic E-state index is 12.6.